The number of nitrogen functional groups attached to an aromatic ring is 1. The van der Waals surface area contributed by atoms with Gasteiger partial charge in [-0.05, 0) is 52.9 Å². The first-order valence-electron chi connectivity index (χ1n) is 13.4. The predicted octanol–water partition coefficient (Wildman–Crippen LogP) is 7.30. The molecule has 0 aliphatic rings. The quantitative estimate of drug-likeness (QED) is 0.101. The smallest absolute Gasteiger partial charge is 0.295 e. The lowest BCUT2D eigenvalue weighted by atomic mass is 10.1. The Morgan fingerprint density at radius 1 is 0.565 bits per heavy atom. The maximum absolute atomic E-state index is 12.9. The molecule has 3 N–H and O–H groups in total. The molecule has 6 aromatic rings. The Labute approximate surface area is 262 Å². The van der Waals surface area contributed by atoms with E-state index in [4.69, 9.17) is 5.73 Å². The molecule has 0 fully saturated rings. The lowest BCUT2D eigenvalue weighted by Crippen LogP contribution is -2.01. The van der Waals surface area contributed by atoms with Crippen molar-refractivity contribution in [1.82, 2.24) is 0 Å². The van der Waals surface area contributed by atoms with Gasteiger partial charge in [0.1, 0.15) is 20.7 Å². The topological polar surface area (TPSA) is 210 Å². The van der Waals surface area contributed by atoms with Crippen molar-refractivity contribution >= 4 is 70.2 Å². The SMILES string of the molecule is Nc1c(N=Nc2ccc(-c3ccc(N=Nc4cc(S(=O)(=O)O)c5ccccc5c4[O-])cc3)cc2)cc(S(=O)(=O)[O-])c2ccccc12. The minimum Gasteiger partial charge on any atom is -0.871 e. The molecule has 0 aliphatic heterocycles. The van der Waals surface area contributed by atoms with Crippen molar-refractivity contribution in [2.24, 2.45) is 20.5 Å². The molecule has 6 aromatic carbocycles. The normalized spacial score (nSPS) is 12.5. The van der Waals surface area contributed by atoms with Crippen molar-refractivity contribution < 1.29 is 31.0 Å². The molecule has 0 amide bonds. The number of azo groups is 2. The largest absolute Gasteiger partial charge is 0.871 e. The predicted molar refractivity (Wildman–Crippen MR) is 170 cm³/mol. The summed E-state index contributed by atoms with van der Waals surface area (Å²) in [5, 5.41) is 29.9. The van der Waals surface area contributed by atoms with E-state index in [0.29, 0.717) is 16.8 Å². The Bertz CT molecular complexity index is 2260. The first kappa shape index (κ1) is 30.5. The third kappa shape index (κ3) is 6.05. The number of hydrogen-bond donors (Lipinski definition) is 2. The van der Waals surface area contributed by atoms with Crippen LogP contribution in [0.1, 0.15) is 0 Å². The van der Waals surface area contributed by atoms with Crippen molar-refractivity contribution in [1.29, 1.82) is 0 Å². The van der Waals surface area contributed by atoms with Crippen molar-refractivity contribution in [3.63, 3.8) is 0 Å². The van der Waals surface area contributed by atoms with Crippen LogP contribution in [0.5, 0.6) is 5.75 Å². The van der Waals surface area contributed by atoms with Crippen LogP contribution in [0.15, 0.2) is 139 Å². The molecule has 0 aromatic heterocycles. The first-order chi connectivity index (χ1) is 21.9. The summed E-state index contributed by atoms with van der Waals surface area (Å²) in [5.74, 6) is -0.528. The molecule has 0 aliphatic carbocycles. The number of nitrogens with two attached hydrogens (primary N) is 1. The molecular weight excluding hydrogens is 631 g/mol. The highest BCUT2D eigenvalue weighted by molar-refractivity contribution is 7.86. The van der Waals surface area contributed by atoms with E-state index in [-0.39, 0.29) is 33.2 Å². The van der Waals surface area contributed by atoms with Crippen LogP contribution in [0, 0.1) is 0 Å². The van der Waals surface area contributed by atoms with Crippen molar-refractivity contribution in [2.75, 3.05) is 5.73 Å². The molecule has 0 bridgehead atoms. The maximum atomic E-state index is 12.9. The molecule has 12 nitrogen and oxygen atoms in total. The molecule has 0 heterocycles. The summed E-state index contributed by atoms with van der Waals surface area (Å²) in [6.07, 6.45) is 0. The van der Waals surface area contributed by atoms with Crippen molar-refractivity contribution in [2.45, 2.75) is 9.79 Å². The van der Waals surface area contributed by atoms with E-state index in [1.54, 1.807) is 78.9 Å². The molecule has 0 saturated carbocycles. The second-order valence-electron chi connectivity index (χ2n) is 10.0. The molecule has 46 heavy (non-hydrogen) atoms. The van der Waals surface area contributed by atoms with E-state index < -0.39 is 35.8 Å². The van der Waals surface area contributed by atoms with Crippen LogP contribution in [-0.4, -0.2) is 25.9 Å². The number of nitrogens with zero attached hydrogens (tertiary/aromatic N) is 4. The molecule has 0 unspecified atom stereocenters. The summed E-state index contributed by atoms with van der Waals surface area (Å²) in [4.78, 5) is -0.867. The van der Waals surface area contributed by atoms with Crippen molar-refractivity contribution in [3.8, 4) is 16.9 Å². The summed E-state index contributed by atoms with van der Waals surface area (Å²) in [5.41, 5.74) is 8.67. The molecule has 230 valence electrons. The van der Waals surface area contributed by atoms with Crippen LogP contribution in [0.2, 0.25) is 0 Å². The average Bonchev–Trinajstić information content (AvgIpc) is 3.04. The third-order valence-electron chi connectivity index (χ3n) is 7.13. The zero-order valence-corrected chi connectivity index (χ0v) is 25.1. The fraction of sp³-hybridized carbons (Fsp3) is 0. The Balaban J connectivity index is 1.22. The Morgan fingerprint density at radius 3 is 1.50 bits per heavy atom. The Kier molecular flexibility index (Phi) is 7.79. The molecule has 14 heteroatoms. The highest BCUT2D eigenvalue weighted by Gasteiger charge is 2.17. The van der Waals surface area contributed by atoms with Crippen LogP contribution >= 0.6 is 0 Å². The number of hydrogen-bond acceptors (Lipinski definition) is 11. The summed E-state index contributed by atoms with van der Waals surface area (Å²) in [6, 6.07) is 28.3. The summed E-state index contributed by atoms with van der Waals surface area (Å²) >= 11 is 0. The Morgan fingerprint density at radius 2 is 1.00 bits per heavy atom. The summed E-state index contributed by atoms with van der Waals surface area (Å²) in [7, 11) is -9.41. The van der Waals surface area contributed by atoms with Gasteiger partial charge in [-0.2, -0.15) is 23.8 Å². The molecule has 0 saturated heterocycles. The summed E-state index contributed by atoms with van der Waals surface area (Å²) < 4.78 is 69.1. The molecular formula is C32H21N5O7S2-2. The third-order valence-corrected chi connectivity index (χ3v) is 8.90. The highest BCUT2D eigenvalue weighted by Crippen LogP contribution is 2.39. The van der Waals surface area contributed by atoms with Gasteiger partial charge in [0.05, 0.1) is 27.6 Å². The van der Waals surface area contributed by atoms with Crippen LogP contribution in [0.25, 0.3) is 32.7 Å². The minimum atomic E-state index is -4.79. The molecule has 0 radical (unpaired) electrons. The molecule has 0 atom stereocenters. The standard InChI is InChI=1S/C32H23N5O7S2/c33-31-25-7-3-1-5-23(25)29(45(39,40)41)17-27(31)36-34-21-13-9-19(10-14-21)20-11-15-22(16-12-20)35-37-28-18-30(46(42,43)44)24-6-2-4-8-26(24)32(28)38/h1-18,38H,33H2,(H,39,40,41)(H,42,43,44)/p-2. The van der Waals surface area contributed by atoms with Gasteiger partial charge in [0, 0.05) is 16.2 Å². The van der Waals surface area contributed by atoms with Crippen molar-refractivity contribution in [3.05, 3.63) is 109 Å². The highest BCUT2D eigenvalue weighted by atomic mass is 32.2. The zero-order chi connectivity index (χ0) is 32.6. The lowest BCUT2D eigenvalue weighted by Gasteiger charge is -2.15. The Hall–Kier alpha value is -5.54. The lowest BCUT2D eigenvalue weighted by molar-refractivity contribution is -0.264. The van der Waals surface area contributed by atoms with Gasteiger partial charge in [0.2, 0.25) is 0 Å². The van der Waals surface area contributed by atoms with Gasteiger partial charge < -0.3 is 15.4 Å². The summed E-state index contributed by atoms with van der Waals surface area (Å²) in [6.45, 7) is 0. The maximum Gasteiger partial charge on any atom is 0.295 e. The van der Waals surface area contributed by atoms with E-state index >= 15 is 0 Å². The number of anilines is 1. The molecule has 0 spiro atoms. The van der Waals surface area contributed by atoms with E-state index in [2.05, 4.69) is 20.5 Å². The van der Waals surface area contributed by atoms with Gasteiger partial charge in [-0.1, -0.05) is 78.5 Å². The fourth-order valence-electron chi connectivity index (χ4n) is 4.89. The van der Waals surface area contributed by atoms with Gasteiger partial charge >= 0.3 is 0 Å². The van der Waals surface area contributed by atoms with E-state index in [1.165, 1.54) is 18.2 Å². The number of fused-ring (bicyclic) bond motifs is 2. The number of rotatable bonds is 7. The zero-order valence-electron chi connectivity index (χ0n) is 23.5. The van der Waals surface area contributed by atoms with Crippen LogP contribution in [-0.2, 0) is 20.2 Å². The minimum absolute atomic E-state index is 0.0453. The van der Waals surface area contributed by atoms with E-state index in [9.17, 15) is 31.0 Å². The molecule has 6 rings (SSSR count). The van der Waals surface area contributed by atoms with Crippen LogP contribution in [0.4, 0.5) is 28.4 Å². The second kappa shape index (κ2) is 11.8. The van der Waals surface area contributed by atoms with Crippen LogP contribution < -0.4 is 10.8 Å². The van der Waals surface area contributed by atoms with Gasteiger partial charge in [0.15, 0.2) is 0 Å². The average molecular weight is 652 g/mol. The van der Waals surface area contributed by atoms with Gasteiger partial charge in [-0.3, -0.25) is 4.55 Å². The van der Waals surface area contributed by atoms with Gasteiger partial charge in [-0.15, -0.1) is 5.11 Å². The van der Waals surface area contributed by atoms with Gasteiger partial charge in [-0.25, -0.2) is 8.42 Å². The van der Waals surface area contributed by atoms with E-state index in [0.717, 1.165) is 23.3 Å². The fourth-order valence-corrected chi connectivity index (χ4v) is 6.31. The monoisotopic (exact) mass is 651 g/mol. The first-order valence-corrected chi connectivity index (χ1v) is 16.3. The van der Waals surface area contributed by atoms with Gasteiger partial charge in [0.25, 0.3) is 10.1 Å². The number of benzene rings is 6. The second-order valence-corrected chi connectivity index (χ2v) is 12.8. The van der Waals surface area contributed by atoms with E-state index in [1.807, 2.05) is 0 Å². The van der Waals surface area contributed by atoms with Crippen LogP contribution in [0.3, 0.4) is 0 Å².